The molecule has 2 heterocycles. The van der Waals surface area contributed by atoms with E-state index < -0.39 is 14.9 Å². The Morgan fingerprint density at radius 1 is 1.17 bits per heavy atom. The van der Waals surface area contributed by atoms with Gasteiger partial charge in [-0.25, -0.2) is 13.4 Å². The summed E-state index contributed by atoms with van der Waals surface area (Å²) in [5.41, 5.74) is 1.49. The van der Waals surface area contributed by atoms with Crippen molar-refractivity contribution in [3.8, 4) is 5.75 Å². The van der Waals surface area contributed by atoms with Gasteiger partial charge in [0, 0.05) is 44.4 Å². The number of nitrogens with one attached hydrogen (secondary N) is 1. The minimum absolute atomic E-state index is 0.0589. The monoisotopic (exact) mass is 431 g/mol. The number of ether oxygens (including phenoxy) is 1. The number of imidazole rings is 1. The lowest BCUT2D eigenvalue weighted by Crippen LogP contribution is -2.48. The van der Waals surface area contributed by atoms with Gasteiger partial charge in [-0.05, 0) is 18.2 Å². The number of nitrogens with zero attached hydrogens (tertiary/aromatic N) is 4. The van der Waals surface area contributed by atoms with E-state index in [0.717, 1.165) is 28.7 Å². The van der Waals surface area contributed by atoms with Gasteiger partial charge in [0.25, 0.3) is 5.69 Å². The summed E-state index contributed by atoms with van der Waals surface area (Å²) in [5.74, 6) is 1.55. The number of fused-ring (bicyclic) bond motifs is 1. The van der Waals surface area contributed by atoms with Gasteiger partial charge in [0.05, 0.1) is 34.5 Å². The Morgan fingerprint density at radius 3 is 2.63 bits per heavy atom. The molecular weight excluding hydrogens is 410 g/mol. The van der Waals surface area contributed by atoms with E-state index in [-0.39, 0.29) is 10.6 Å². The molecule has 30 heavy (non-hydrogen) atoms. The van der Waals surface area contributed by atoms with Gasteiger partial charge in [0.1, 0.15) is 11.6 Å². The number of piperazine rings is 1. The van der Waals surface area contributed by atoms with Crippen LogP contribution in [0.3, 0.4) is 0 Å². The lowest BCUT2D eigenvalue weighted by atomic mass is 10.3. The fraction of sp³-hybridized carbons (Fsp3) is 0.316. The van der Waals surface area contributed by atoms with Crippen molar-refractivity contribution in [1.82, 2.24) is 19.2 Å². The highest BCUT2D eigenvalue weighted by Crippen LogP contribution is 2.23. The average molecular weight is 431 g/mol. The molecule has 1 aromatic heterocycles. The summed E-state index contributed by atoms with van der Waals surface area (Å²) in [5, 5.41) is 10.9. The van der Waals surface area contributed by atoms with Crippen LogP contribution in [0.5, 0.6) is 5.75 Å². The molecule has 1 aliphatic heterocycles. The first kappa shape index (κ1) is 20.3. The molecule has 0 saturated carbocycles. The van der Waals surface area contributed by atoms with E-state index in [1.54, 1.807) is 7.11 Å². The van der Waals surface area contributed by atoms with Crippen molar-refractivity contribution in [2.75, 3.05) is 33.3 Å². The van der Waals surface area contributed by atoms with Crippen LogP contribution in [0.25, 0.3) is 11.0 Å². The molecule has 11 heteroatoms. The number of aromatic nitrogens is 2. The van der Waals surface area contributed by atoms with Crippen LogP contribution in [-0.2, 0) is 16.6 Å². The van der Waals surface area contributed by atoms with E-state index in [1.807, 2.05) is 18.2 Å². The number of hydrogen-bond donors (Lipinski definition) is 1. The van der Waals surface area contributed by atoms with Crippen LogP contribution in [0.4, 0.5) is 5.69 Å². The SMILES string of the molecule is COc1ccc2nc(CN3CCN(S(=O)(=O)c4cccc([N+](=O)[O-])c4)CC3)[nH]c2c1. The first-order chi connectivity index (χ1) is 14.4. The third kappa shape index (κ3) is 3.99. The van der Waals surface area contributed by atoms with Crippen LogP contribution in [-0.4, -0.2) is 65.8 Å². The molecule has 158 valence electrons. The maximum Gasteiger partial charge on any atom is 0.270 e. The Hall–Kier alpha value is -3.02. The minimum Gasteiger partial charge on any atom is -0.497 e. The Labute approximate surface area is 173 Å². The summed E-state index contributed by atoms with van der Waals surface area (Å²) in [7, 11) is -2.17. The van der Waals surface area contributed by atoms with Crippen molar-refractivity contribution in [3.63, 3.8) is 0 Å². The summed E-state index contributed by atoms with van der Waals surface area (Å²) in [4.78, 5) is 20.3. The molecule has 4 rings (SSSR count). The molecule has 10 nitrogen and oxygen atoms in total. The number of nitro benzene ring substituents is 1. The molecule has 0 aliphatic carbocycles. The highest BCUT2D eigenvalue weighted by Gasteiger charge is 2.29. The Kier molecular flexibility index (Phi) is 5.41. The molecule has 0 bridgehead atoms. The molecule has 1 saturated heterocycles. The summed E-state index contributed by atoms with van der Waals surface area (Å²) in [6.45, 7) is 2.25. The van der Waals surface area contributed by atoms with Crippen molar-refractivity contribution in [2.24, 2.45) is 0 Å². The lowest BCUT2D eigenvalue weighted by molar-refractivity contribution is -0.385. The number of H-pyrrole nitrogens is 1. The molecule has 0 amide bonds. The van der Waals surface area contributed by atoms with E-state index in [9.17, 15) is 18.5 Å². The number of non-ortho nitro benzene ring substituents is 1. The molecule has 2 aromatic carbocycles. The third-order valence-corrected chi connectivity index (χ3v) is 7.00. The van der Waals surface area contributed by atoms with Crippen LogP contribution in [0.15, 0.2) is 47.4 Å². The molecule has 0 unspecified atom stereocenters. The predicted octanol–water partition coefficient (Wildman–Crippen LogP) is 1.99. The number of nitro groups is 1. The number of benzene rings is 2. The normalized spacial score (nSPS) is 16.0. The minimum atomic E-state index is -3.78. The topological polar surface area (TPSA) is 122 Å². The highest BCUT2D eigenvalue weighted by atomic mass is 32.2. The van der Waals surface area contributed by atoms with Crippen molar-refractivity contribution in [2.45, 2.75) is 11.4 Å². The van der Waals surface area contributed by atoms with Gasteiger partial charge >= 0.3 is 0 Å². The molecule has 1 aliphatic rings. The maximum atomic E-state index is 12.9. The number of hydrogen-bond acceptors (Lipinski definition) is 7. The van der Waals surface area contributed by atoms with E-state index in [4.69, 9.17) is 4.74 Å². The van der Waals surface area contributed by atoms with Gasteiger partial charge in [-0.3, -0.25) is 15.0 Å². The first-order valence-corrected chi connectivity index (χ1v) is 10.8. The quantitative estimate of drug-likeness (QED) is 0.468. The first-order valence-electron chi connectivity index (χ1n) is 9.36. The average Bonchev–Trinajstić information content (AvgIpc) is 3.15. The number of aromatic amines is 1. The molecule has 1 N–H and O–H groups in total. The third-order valence-electron chi connectivity index (χ3n) is 5.11. The van der Waals surface area contributed by atoms with Gasteiger partial charge in [-0.15, -0.1) is 0 Å². The second-order valence-electron chi connectivity index (χ2n) is 7.00. The van der Waals surface area contributed by atoms with Crippen LogP contribution in [0.2, 0.25) is 0 Å². The Balaban J connectivity index is 1.42. The van der Waals surface area contributed by atoms with Gasteiger partial charge in [-0.2, -0.15) is 4.31 Å². The molecule has 0 radical (unpaired) electrons. The molecular formula is C19H21N5O5S. The van der Waals surface area contributed by atoms with Gasteiger partial charge in [0.2, 0.25) is 10.0 Å². The molecule has 0 spiro atoms. The van der Waals surface area contributed by atoms with E-state index in [1.165, 1.54) is 22.5 Å². The molecule has 3 aromatic rings. The second-order valence-corrected chi connectivity index (χ2v) is 8.94. The van der Waals surface area contributed by atoms with E-state index >= 15 is 0 Å². The zero-order valence-electron chi connectivity index (χ0n) is 16.3. The smallest absolute Gasteiger partial charge is 0.270 e. The van der Waals surface area contributed by atoms with Gasteiger partial charge in [-0.1, -0.05) is 6.07 Å². The fourth-order valence-corrected chi connectivity index (χ4v) is 4.95. The van der Waals surface area contributed by atoms with Crippen LogP contribution < -0.4 is 4.74 Å². The predicted molar refractivity (Wildman–Crippen MR) is 110 cm³/mol. The standard InChI is InChI=1S/C19H21N5O5S/c1-29-15-5-6-17-18(12-15)21-19(20-17)13-22-7-9-23(10-8-22)30(27,28)16-4-2-3-14(11-16)24(25)26/h2-6,11-12H,7-10,13H2,1H3,(H,20,21). The van der Waals surface area contributed by atoms with Crippen LogP contribution in [0, 0.1) is 10.1 Å². The number of rotatable bonds is 6. The summed E-state index contributed by atoms with van der Waals surface area (Å²) in [6, 6.07) is 10.8. The fourth-order valence-electron chi connectivity index (χ4n) is 3.49. The highest BCUT2D eigenvalue weighted by molar-refractivity contribution is 7.89. The summed E-state index contributed by atoms with van der Waals surface area (Å²) < 4.78 is 32.3. The zero-order valence-corrected chi connectivity index (χ0v) is 17.1. The van der Waals surface area contributed by atoms with Crippen molar-refractivity contribution in [3.05, 3.63) is 58.4 Å². The second kappa shape index (κ2) is 8.01. The molecule has 1 fully saturated rings. The van der Waals surface area contributed by atoms with Crippen LogP contribution in [0.1, 0.15) is 5.82 Å². The van der Waals surface area contributed by atoms with Crippen molar-refractivity contribution in [1.29, 1.82) is 0 Å². The Morgan fingerprint density at radius 2 is 1.93 bits per heavy atom. The largest absolute Gasteiger partial charge is 0.497 e. The summed E-state index contributed by atoms with van der Waals surface area (Å²) >= 11 is 0. The Bertz CT molecular complexity index is 1180. The zero-order chi connectivity index (χ0) is 21.3. The van der Waals surface area contributed by atoms with E-state index in [0.29, 0.717) is 32.7 Å². The van der Waals surface area contributed by atoms with Crippen molar-refractivity contribution < 1.29 is 18.1 Å². The number of methoxy groups -OCH3 is 1. The van der Waals surface area contributed by atoms with E-state index in [2.05, 4.69) is 14.9 Å². The lowest BCUT2D eigenvalue weighted by Gasteiger charge is -2.33. The van der Waals surface area contributed by atoms with Gasteiger partial charge < -0.3 is 9.72 Å². The van der Waals surface area contributed by atoms with Crippen molar-refractivity contribution >= 4 is 26.7 Å². The maximum absolute atomic E-state index is 12.9. The molecule has 0 atom stereocenters. The number of sulfonamides is 1. The summed E-state index contributed by atoms with van der Waals surface area (Å²) in [6.07, 6.45) is 0. The van der Waals surface area contributed by atoms with Crippen LogP contribution >= 0.6 is 0 Å². The van der Waals surface area contributed by atoms with Gasteiger partial charge in [0.15, 0.2) is 0 Å².